The minimum absolute atomic E-state index is 0.906. The maximum absolute atomic E-state index is 6.42. The van der Waals surface area contributed by atoms with Gasteiger partial charge >= 0.3 is 0 Å². The first-order chi connectivity index (χ1) is 27.3. The van der Waals surface area contributed by atoms with E-state index in [0.29, 0.717) is 0 Å². The first kappa shape index (κ1) is 31.2. The first-order valence-electron chi connectivity index (χ1n) is 18.8. The number of aromatic nitrogens is 1. The van der Waals surface area contributed by atoms with Gasteiger partial charge in [-0.15, -0.1) is 0 Å². The van der Waals surface area contributed by atoms with Gasteiger partial charge in [-0.1, -0.05) is 140 Å². The zero-order chi connectivity index (χ0) is 36.3. The molecule has 258 valence electrons. The van der Waals surface area contributed by atoms with E-state index < -0.39 is 0 Å². The number of rotatable bonds is 6. The lowest BCUT2D eigenvalue weighted by atomic mass is 10.0. The molecular weight excluding hydrogens is 669 g/mol. The van der Waals surface area contributed by atoms with Crippen molar-refractivity contribution in [2.24, 2.45) is 0 Å². The maximum atomic E-state index is 6.42. The lowest BCUT2D eigenvalue weighted by Gasteiger charge is -2.26. The summed E-state index contributed by atoms with van der Waals surface area (Å²) in [6.45, 7) is 0. The van der Waals surface area contributed by atoms with Crippen LogP contribution in [0.3, 0.4) is 0 Å². The van der Waals surface area contributed by atoms with Gasteiger partial charge in [-0.2, -0.15) is 0 Å². The molecule has 9 aromatic carbocycles. The van der Waals surface area contributed by atoms with Gasteiger partial charge in [-0.25, -0.2) is 0 Å². The van der Waals surface area contributed by atoms with Crippen LogP contribution in [0.15, 0.2) is 211 Å². The highest BCUT2D eigenvalue weighted by molar-refractivity contribution is 6.10. The Bertz CT molecular complexity index is 3150. The van der Waals surface area contributed by atoms with E-state index in [9.17, 15) is 0 Å². The van der Waals surface area contributed by atoms with Crippen molar-refractivity contribution in [1.82, 2.24) is 4.57 Å². The van der Waals surface area contributed by atoms with Crippen LogP contribution in [0, 0.1) is 0 Å². The van der Waals surface area contributed by atoms with Gasteiger partial charge in [-0.3, -0.25) is 0 Å². The molecule has 2 aromatic heterocycles. The Balaban J connectivity index is 1.04. The third kappa shape index (κ3) is 5.20. The fourth-order valence-electron chi connectivity index (χ4n) is 8.36. The van der Waals surface area contributed by atoms with Crippen molar-refractivity contribution in [3.05, 3.63) is 206 Å². The molecule has 0 spiro atoms. The average Bonchev–Trinajstić information content (AvgIpc) is 3.80. The normalized spacial score (nSPS) is 11.6. The van der Waals surface area contributed by atoms with E-state index in [-0.39, 0.29) is 0 Å². The van der Waals surface area contributed by atoms with Gasteiger partial charge in [0.25, 0.3) is 0 Å². The summed E-state index contributed by atoms with van der Waals surface area (Å²) in [6.07, 6.45) is 0. The molecule has 0 N–H and O–H groups in total. The molecule has 2 heterocycles. The Labute approximate surface area is 318 Å². The summed E-state index contributed by atoms with van der Waals surface area (Å²) in [4.78, 5) is 2.35. The highest BCUT2D eigenvalue weighted by atomic mass is 16.3. The van der Waals surface area contributed by atoms with Crippen LogP contribution in [0.5, 0.6) is 0 Å². The third-order valence-electron chi connectivity index (χ3n) is 11.0. The predicted molar refractivity (Wildman–Crippen MR) is 231 cm³/mol. The minimum atomic E-state index is 0.906. The van der Waals surface area contributed by atoms with Crippen molar-refractivity contribution >= 4 is 71.6 Å². The van der Waals surface area contributed by atoms with Gasteiger partial charge in [-0.05, 0) is 94.2 Å². The Morgan fingerprint density at radius 2 is 0.945 bits per heavy atom. The summed E-state index contributed by atoms with van der Waals surface area (Å²) in [5.41, 5.74) is 13.1. The Kier molecular flexibility index (Phi) is 7.17. The third-order valence-corrected chi connectivity index (χ3v) is 11.0. The van der Waals surface area contributed by atoms with E-state index in [1.807, 2.05) is 12.1 Å². The van der Waals surface area contributed by atoms with Crippen molar-refractivity contribution in [2.45, 2.75) is 0 Å². The van der Waals surface area contributed by atoms with E-state index in [1.54, 1.807) is 0 Å². The smallest absolute Gasteiger partial charge is 0.143 e. The average molecular weight is 703 g/mol. The predicted octanol–water partition coefficient (Wildman–Crippen LogP) is 14.6. The molecule has 0 saturated heterocycles. The van der Waals surface area contributed by atoms with Gasteiger partial charge in [0.2, 0.25) is 0 Å². The molecule has 55 heavy (non-hydrogen) atoms. The zero-order valence-electron chi connectivity index (χ0n) is 29.9. The maximum Gasteiger partial charge on any atom is 0.143 e. The first-order valence-corrected chi connectivity index (χ1v) is 18.8. The summed E-state index contributed by atoms with van der Waals surface area (Å²) in [5.74, 6) is 0. The lowest BCUT2D eigenvalue weighted by Crippen LogP contribution is -2.10. The molecule has 0 aliphatic carbocycles. The lowest BCUT2D eigenvalue weighted by molar-refractivity contribution is 0.670. The van der Waals surface area contributed by atoms with E-state index in [0.717, 1.165) is 55.8 Å². The number of fused-ring (bicyclic) bond motifs is 7. The molecule has 0 amide bonds. The zero-order valence-corrected chi connectivity index (χ0v) is 29.9. The van der Waals surface area contributed by atoms with Crippen LogP contribution in [0.25, 0.3) is 82.5 Å². The molecule has 11 rings (SSSR count). The minimum Gasteiger partial charge on any atom is -0.455 e. The number of nitrogens with zero attached hydrogens (tertiary/aromatic N) is 2. The number of furan rings is 1. The molecule has 3 nitrogen and oxygen atoms in total. The summed E-state index contributed by atoms with van der Waals surface area (Å²) in [7, 11) is 0. The van der Waals surface area contributed by atoms with Crippen molar-refractivity contribution in [1.29, 1.82) is 0 Å². The monoisotopic (exact) mass is 702 g/mol. The molecule has 11 aromatic rings. The Hall–Kier alpha value is -7.36. The van der Waals surface area contributed by atoms with Gasteiger partial charge in [0.05, 0.1) is 11.0 Å². The van der Waals surface area contributed by atoms with E-state index in [1.165, 1.54) is 43.7 Å². The van der Waals surface area contributed by atoms with Crippen LogP contribution in [0.2, 0.25) is 0 Å². The van der Waals surface area contributed by atoms with Crippen LogP contribution in [-0.2, 0) is 0 Å². The number of para-hydroxylation sites is 4. The van der Waals surface area contributed by atoms with E-state index in [2.05, 4.69) is 204 Å². The van der Waals surface area contributed by atoms with Crippen molar-refractivity contribution in [2.75, 3.05) is 4.90 Å². The molecule has 0 unspecified atom stereocenters. The second kappa shape index (κ2) is 12.6. The Morgan fingerprint density at radius 1 is 0.364 bits per heavy atom. The summed E-state index contributed by atoms with van der Waals surface area (Å²) in [6, 6.07) is 74.0. The molecule has 0 aliphatic rings. The van der Waals surface area contributed by atoms with Crippen molar-refractivity contribution in [3.63, 3.8) is 0 Å². The highest BCUT2D eigenvalue weighted by Crippen LogP contribution is 2.41. The Morgan fingerprint density at radius 3 is 1.69 bits per heavy atom. The topological polar surface area (TPSA) is 21.3 Å². The van der Waals surface area contributed by atoms with Crippen LogP contribution < -0.4 is 4.90 Å². The largest absolute Gasteiger partial charge is 0.455 e. The number of anilines is 3. The molecule has 0 radical (unpaired) electrons. The van der Waals surface area contributed by atoms with E-state index in [4.69, 9.17) is 4.42 Å². The fraction of sp³-hybridized carbons (Fsp3) is 0. The van der Waals surface area contributed by atoms with Crippen LogP contribution in [-0.4, -0.2) is 4.57 Å². The molecule has 0 fully saturated rings. The molecule has 0 bridgehead atoms. The van der Waals surface area contributed by atoms with Crippen LogP contribution in [0.1, 0.15) is 0 Å². The quantitative estimate of drug-likeness (QED) is 0.172. The summed E-state index contributed by atoms with van der Waals surface area (Å²) < 4.78 is 8.80. The van der Waals surface area contributed by atoms with Gasteiger partial charge in [0.15, 0.2) is 0 Å². The highest BCUT2D eigenvalue weighted by Gasteiger charge is 2.18. The van der Waals surface area contributed by atoms with Crippen molar-refractivity contribution < 1.29 is 4.42 Å². The SMILES string of the molecule is c1cc(N(c2ccc(-c3ccc4ccccc4c3)cc2)c2ccc(-c3cccc4c3oc3ccccc34)cc2)cc(-n2c3ccccc3c3ccccc32)c1. The second-order valence-corrected chi connectivity index (χ2v) is 14.2. The van der Waals surface area contributed by atoms with Gasteiger partial charge < -0.3 is 13.9 Å². The fourth-order valence-corrected chi connectivity index (χ4v) is 8.36. The van der Waals surface area contributed by atoms with Gasteiger partial charge in [0, 0.05) is 49.9 Å². The number of hydrogen-bond acceptors (Lipinski definition) is 2. The standard InChI is InChI=1S/C52H34N2O/c1-2-12-38-33-39(24-23-35(38)11-1)36-25-29-40(30-26-36)53(41-31-27-37(28-32-41)44-18-10-19-48-47-17-5-8-22-51(47)55-52(44)48)42-13-9-14-43(34-42)54-49-20-6-3-15-45(49)46-16-4-7-21-50(46)54/h1-34H. The molecule has 3 heteroatoms. The van der Waals surface area contributed by atoms with Crippen molar-refractivity contribution in [3.8, 4) is 27.9 Å². The molecular formula is C52H34N2O. The number of benzene rings is 9. The molecule has 0 atom stereocenters. The van der Waals surface area contributed by atoms with Gasteiger partial charge in [0.1, 0.15) is 11.2 Å². The second-order valence-electron chi connectivity index (χ2n) is 14.2. The van der Waals surface area contributed by atoms with Crippen LogP contribution in [0.4, 0.5) is 17.1 Å². The van der Waals surface area contributed by atoms with E-state index >= 15 is 0 Å². The summed E-state index contributed by atoms with van der Waals surface area (Å²) >= 11 is 0. The molecule has 0 aliphatic heterocycles. The summed E-state index contributed by atoms with van der Waals surface area (Å²) in [5, 5.41) is 7.26. The number of hydrogen-bond donors (Lipinski definition) is 0. The molecule has 0 saturated carbocycles. The van der Waals surface area contributed by atoms with Crippen LogP contribution >= 0.6 is 0 Å².